The molecule has 0 radical (unpaired) electrons. The van der Waals surface area contributed by atoms with E-state index in [9.17, 15) is 13.6 Å². The zero-order chi connectivity index (χ0) is 19.0. The highest BCUT2D eigenvalue weighted by Crippen LogP contribution is 2.37. The number of rotatable bonds is 5. The summed E-state index contributed by atoms with van der Waals surface area (Å²) in [5.41, 5.74) is 1.74. The van der Waals surface area contributed by atoms with Crippen molar-refractivity contribution >= 4 is 38.9 Å². The quantitative estimate of drug-likeness (QED) is 0.677. The molecule has 3 aromatic rings. The summed E-state index contributed by atoms with van der Waals surface area (Å²) in [5, 5.41) is 8.07. The summed E-state index contributed by atoms with van der Waals surface area (Å²) in [4.78, 5) is 13.0. The van der Waals surface area contributed by atoms with Crippen molar-refractivity contribution in [2.45, 2.75) is 26.5 Å². The maximum absolute atomic E-state index is 12.6. The van der Waals surface area contributed by atoms with E-state index in [4.69, 9.17) is 11.6 Å². The number of benzene rings is 1. The second-order valence-electron chi connectivity index (χ2n) is 5.82. The van der Waals surface area contributed by atoms with Gasteiger partial charge in [0.15, 0.2) is 0 Å². The van der Waals surface area contributed by atoms with Crippen LogP contribution >= 0.6 is 22.9 Å². The fraction of sp³-hybridized carbons (Fsp3) is 0.294. The van der Waals surface area contributed by atoms with Gasteiger partial charge in [-0.3, -0.25) is 9.48 Å². The minimum Gasteiger partial charge on any atom is -0.435 e. The van der Waals surface area contributed by atoms with E-state index in [1.807, 2.05) is 27.1 Å². The van der Waals surface area contributed by atoms with Crippen molar-refractivity contribution in [1.82, 2.24) is 15.1 Å². The summed E-state index contributed by atoms with van der Waals surface area (Å²) >= 11 is 7.45. The summed E-state index contributed by atoms with van der Waals surface area (Å²) in [6.45, 7) is 0.821. The first-order valence-corrected chi connectivity index (χ1v) is 8.93. The Morgan fingerprint density at radius 1 is 1.42 bits per heavy atom. The third-order valence-electron chi connectivity index (χ3n) is 3.90. The number of nitrogens with one attached hydrogen (secondary N) is 1. The zero-order valence-electron chi connectivity index (χ0n) is 14.2. The number of fused-ring (bicyclic) bond motifs is 1. The Morgan fingerprint density at radius 3 is 2.77 bits per heavy atom. The molecule has 26 heavy (non-hydrogen) atoms. The van der Waals surface area contributed by atoms with Crippen LogP contribution < -0.4 is 10.1 Å². The molecular formula is C17H16ClF2N3O2S. The Balaban J connectivity index is 1.85. The predicted octanol–water partition coefficient (Wildman–Crippen LogP) is 4.69. The van der Waals surface area contributed by atoms with Gasteiger partial charge in [-0.15, -0.1) is 11.3 Å². The smallest absolute Gasteiger partial charge is 0.387 e. The number of hydrogen-bond donors (Lipinski definition) is 1. The van der Waals surface area contributed by atoms with Gasteiger partial charge in [-0.1, -0.05) is 11.6 Å². The number of aryl methyl sites for hydroxylation is 2. The van der Waals surface area contributed by atoms with Crippen LogP contribution in [0.3, 0.4) is 0 Å². The fourth-order valence-electron chi connectivity index (χ4n) is 2.75. The molecule has 0 spiro atoms. The van der Waals surface area contributed by atoms with E-state index in [0.717, 1.165) is 22.6 Å². The van der Waals surface area contributed by atoms with Crippen molar-refractivity contribution in [2.24, 2.45) is 7.05 Å². The molecule has 2 heterocycles. The van der Waals surface area contributed by atoms with Crippen molar-refractivity contribution in [3.8, 4) is 5.75 Å². The fourth-order valence-corrected chi connectivity index (χ4v) is 4.20. The largest absolute Gasteiger partial charge is 0.435 e. The van der Waals surface area contributed by atoms with Gasteiger partial charge in [0.05, 0.1) is 16.8 Å². The number of alkyl halides is 2. The van der Waals surface area contributed by atoms with Crippen LogP contribution in [0, 0.1) is 6.92 Å². The lowest BCUT2D eigenvalue weighted by Crippen LogP contribution is -2.26. The Morgan fingerprint density at radius 2 is 2.15 bits per heavy atom. The number of amides is 1. The van der Waals surface area contributed by atoms with Crippen LogP contribution in [0.4, 0.5) is 8.78 Å². The van der Waals surface area contributed by atoms with Crippen LogP contribution in [0.25, 0.3) is 10.1 Å². The van der Waals surface area contributed by atoms with Gasteiger partial charge >= 0.3 is 6.61 Å². The van der Waals surface area contributed by atoms with Crippen molar-refractivity contribution in [1.29, 1.82) is 0 Å². The van der Waals surface area contributed by atoms with Crippen molar-refractivity contribution < 1.29 is 18.3 Å². The Labute approximate surface area is 157 Å². The minimum atomic E-state index is -2.91. The molecule has 0 aliphatic carbocycles. The van der Waals surface area contributed by atoms with Gasteiger partial charge in [0.25, 0.3) is 5.91 Å². The third kappa shape index (κ3) is 3.66. The van der Waals surface area contributed by atoms with Gasteiger partial charge < -0.3 is 10.1 Å². The number of thiophene rings is 1. The van der Waals surface area contributed by atoms with Crippen LogP contribution in [-0.2, 0) is 7.05 Å². The maximum atomic E-state index is 12.6. The lowest BCUT2D eigenvalue weighted by atomic mass is 10.1. The standard InChI is InChI=1S/C17H16ClF2N3O2S/c1-8(12-7-23(3)22-9(12)2)21-16(24)15-14(18)11-5-4-10(25-17(19)20)6-13(11)26-15/h4-8,17H,1-3H3,(H,21,24)/t8-/m0/s1. The molecule has 1 amide bonds. The van der Waals surface area contributed by atoms with Crippen LogP contribution in [0.15, 0.2) is 24.4 Å². The Hall–Kier alpha value is -2.19. The average Bonchev–Trinajstić information content (AvgIpc) is 3.06. The Kier molecular flexibility index (Phi) is 5.15. The highest BCUT2D eigenvalue weighted by atomic mass is 35.5. The van der Waals surface area contributed by atoms with E-state index in [1.165, 1.54) is 12.1 Å². The number of halogens is 3. The van der Waals surface area contributed by atoms with Crippen molar-refractivity contribution in [3.63, 3.8) is 0 Å². The van der Waals surface area contributed by atoms with Crippen molar-refractivity contribution in [3.05, 3.63) is 45.6 Å². The molecule has 0 fully saturated rings. The number of nitrogens with zero attached hydrogens (tertiary/aromatic N) is 2. The summed E-state index contributed by atoms with van der Waals surface area (Å²) in [5.74, 6) is -0.306. The van der Waals surface area contributed by atoms with Gasteiger partial charge in [-0.05, 0) is 32.0 Å². The number of carbonyl (C=O) groups is 1. The molecule has 0 bridgehead atoms. The third-order valence-corrected chi connectivity index (χ3v) is 5.55. The first-order chi connectivity index (χ1) is 12.3. The highest BCUT2D eigenvalue weighted by molar-refractivity contribution is 7.21. The lowest BCUT2D eigenvalue weighted by molar-refractivity contribution is -0.0497. The van der Waals surface area contributed by atoms with Gasteiger partial charge in [0.2, 0.25) is 0 Å². The summed E-state index contributed by atoms with van der Waals surface area (Å²) < 4.78 is 31.4. The number of carbonyl (C=O) groups excluding carboxylic acids is 1. The van der Waals surface area contributed by atoms with Crippen LogP contribution in [0.2, 0.25) is 5.02 Å². The predicted molar refractivity (Wildman–Crippen MR) is 97.3 cm³/mol. The maximum Gasteiger partial charge on any atom is 0.387 e. The monoisotopic (exact) mass is 399 g/mol. The van der Waals surface area contributed by atoms with E-state index in [-0.39, 0.29) is 17.7 Å². The van der Waals surface area contributed by atoms with E-state index < -0.39 is 6.61 Å². The minimum absolute atomic E-state index is 0.0247. The van der Waals surface area contributed by atoms with E-state index in [0.29, 0.717) is 20.0 Å². The number of ether oxygens (including phenoxy) is 1. The molecule has 2 aromatic heterocycles. The molecule has 0 aliphatic rings. The van der Waals surface area contributed by atoms with Gasteiger partial charge in [-0.25, -0.2) is 0 Å². The number of aromatic nitrogens is 2. The van der Waals surface area contributed by atoms with Crippen LogP contribution in [0.5, 0.6) is 5.75 Å². The normalized spacial score (nSPS) is 12.6. The summed E-state index contributed by atoms with van der Waals surface area (Å²) in [7, 11) is 1.81. The Bertz CT molecular complexity index is 970. The second-order valence-corrected chi connectivity index (χ2v) is 7.25. The molecule has 1 aromatic carbocycles. The first kappa shape index (κ1) is 18.6. The van der Waals surface area contributed by atoms with E-state index in [2.05, 4.69) is 15.2 Å². The highest BCUT2D eigenvalue weighted by Gasteiger charge is 2.21. The summed E-state index contributed by atoms with van der Waals surface area (Å²) in [6, 6.07) is 4.16. The molecule has 9 heteroatoms. The van der Waals surface area contributed by atoms with Crippen LogP contribution in [-0.4, -0.2) is 22.3 Å². The molecule has 0 saturated carbocycles. The zero-order valence-corrected chi connectivity index (χ0v) is 15.8. The van der Waals surface area contributed by atoms with Gasteiger partial charge in [-0.2, -0.15) is 13.9 Å². The lowest BCUT2D eigenvalue weighted by Gasteiger charge is -2.12. The average molecular weight is 400 g/mol. The SMILES string of the molecule is Cc1nn(C)cc1[C@H](C)NC(=O)c1sc2cc(OC(F)F)ccc2c1Cl. The molecule has 3 rings (SSSR count). The number of hydrogen-bond acceptors (Lipinski definition) is 4. The van der Waals surface area contributed by atoms with E-state index >= 15 is 0 Å². The molecule has 1 N–H and O–H groups in total. The topological polar surface area (TPSA) is 56.2 Å². The van der Waals surface area contributed by atoms with Gasteiger partial charge in [0, 0.05) is 28.9 Å². The van der Waals surface area contributed by atoms with Gasteiger partial charge in [0.1, 0.15) is 10.6 Å². The molecular weight excluding hydrogens is 384 g/mol. The summed E-state index contributed by atoms with van der Waals surface area (Å²) in [6.07, 6.45) is 1.85. The van der Waals surface area contributed by atoms with Crippen molar-refractivity contribution in [2.75, 3.05) is 0 Å². The first-order valence-electron chi connectivity index (χ1n) is 7.74. The molecule has 0 unspecified atom stereocenters. The second kappa shape index (κ2) is 7.20. The molecule has 0 aliphatic heterocycles. The molecule has 0 saturated heterocycles. The molecule has 1 atom stereocenters. The molecule has 138 valence electrons. The van der Waals surface area contributed by atoms with Crippen LogP contribution in [0.1, 0.15) is 33.9 Å². The molecule has 5 nitrogen and oxygen atoms in total. The van der Waals surface area contributed by atoms with E-state index in [1.54, 1.807) is 10.7 Å².